The van der Waals surface area contributed by atoms with Crippen molar-refractivity contribution in [2.24, 2.45) is 0 Å². The zero-order valence-corrected chi connectivity index (χ0v) is 19.1. The van der Waals surface area contributed by atoms with E-state index in [1.165, 1.54) is 38.5 Å². The zero-order valence-electron chi connectivity index (χ0n) is 19.1. The highest BCUT2D eigenvalue weighted by Gasteiger charge is 2.38. The topological polar surface area (TPSA) is 71.1 Å². The third kappa shape index (κ3) is 10.3. The molecule has 0 aromatic heterocycles. The maximum absolute atomic E-state index is 12.0. The van der Waals surface area contributed by atoms with E-state index in [0.717, 1.165) is 12.8 Å². The fourth-order valence-corrected chi connectivity index (χ4v) is 3.55. The molecule has 1 heterocycles. The third-order valence-electron chi connectivity index (χ3n) is 5.44. The van der Waals surface area contributed by atoms with Crippen molar-refractivity contribution in [3.8, 4) is 0 Å². The number of esters is 2. The number of hydrogen-bond acceptors (Lipinski definition) is 6. The molecule has 2 atom stereocenters. The van der Waals surface area contributed by atoms with E-state index in [1.807, 2.05) is 6.07 Å². The highest BCUT2D eigenvalue weighted by Crippen LogP contribution is 2.28. The first-order valence-corrected chi connectivity index (χ1v) is 11.7. The van der Waals surface area contributed by atoms with E-state index >= 15 is 0 Å². The van der Waals surface area contributed by atoms with Crippen LogP contribution >= 0.6 is 0 Å². The van der Waals surface area contributed by atoms with Crippen LogP contribution in [-0.2, 0) is 23.7 Å². The van der Waals surface area contributed by atoms with Gasteiger partial charge in [-0.1, -0.05) is 70.1 Å². The molecular weight excluding hydrogens is 396 g/mol. The van der Waals surface area contributed by atoms with Gasteiger partial charge in [0.25, 0.3) is 0 Å². The minimum absolute atomic E-state index is 0.117. The van der Waals surface area contributed by atoms with Gasteiger partial charge < -0.3 is 18.9 Å². The molecule has 0 radical (unpaired) electrons. The van der Waals surface area contributed by atoms with Gasteiger partial charge in [0.15, 0.2) is 5.79 Å². The largest absolute Gasteiger partial charge is 0.466 e. The van der Waals surface area contributed by atoms with E-state index in [-0.39, 0.29) is 31.1 Å². The number of ether oxygens (including phenoxy) is 4. The van der Waals surface area contributed by atoms with Gasteiger partial charge in [0, 0.05) is 6.42 Å². The smallest absolute Gasteiger partial charge is 0.338 e. The summed E-state index contributed by atoms with van der Waals surface area (Å²) in [5.74, 6) is -1.47. The molecule has 0 bridgehead atoms. The van der Waals surface area contributed by atoms with Gasteiger partial charge in [-0.25, -0.2) is 4.79 Å². The molecule has 1 aliphatic heterocycles. The maximum atomic E-state index is 12.0. The number of rotatable bonds is 15. The Kier molecular flexibility index (Phi) is 11.6. The Morgan fingerprint density at radius 2 is 1.68 bits per heavy atom. The fourth-order valence-electron chi connectivity index (χ4n) is 3.55. The molecule has 2 unspecified atom stereocenters. The Balaban J connectivity index is 1.52. The minimum Gasteiger partial charge on any atom is -0.466 e. The van der Waals surface area contributed by atoms with Crippen molar-refractivity contribution in [3.05, 3.63) is 35.9 Å². The molecule has 0 spiro atoms. The van der Waals surface area contributed by atoms with Crippen molar-refractivity contribution >= 4 is 11.9 Å². The molecule has 1 fully saturated rings. The molecule has 0 N–H and O–H groups in total. The molecule has 0 amide bonds. The van der Waals surface area contributed by atoms with Crippen LogP contribution in [0.1, 0.15) is 88.4 Å². The Morgan fingerprint density at radius 1 is 1.00 bits per heavy atom. The monoisotopic (exact) mass is 434 g/mol. The molecule has 2 rings (SSSR count). The van der Waals surface area contributed by atoms with Crippen LogP contribution in [0.5, 0.6) is 0 Å². The molecule has 6 heteroatoms. The van der Waals surface area contributed by atoms with Crippen molar-refractivity contribution < 1.29 is 28.5 Å². The van der Waals surface area contributed by atoms with Crippen molar-refractivity contribution in [2.45, 2.75) is 89.9 Å². The van der Waals surface area contributed by atoms with Gasteiger partial charge in [0.1, 0.15) is 12.7 Å². The summed E-state index contributed by atoms with van der Waals surface area (Å²) in [6, 6.07) is 8.83. The van der Waals surface area contributed by atoms with E-state index in [9.17, 15) is 9.59 Å². The lowest BCUT2D eigenvalue weighted by Gasteiger charge is -2.22. The highest BCUT2D eigenvalue weighted by molar-refractivity contribution is 5.89. The predicted octanol–water partition coefficient (Wildman–Crippen LogP) is 5.44. The average Bonchev–Trinajstić information content (AvgIpc) is 3.17. The Bertz CT molecular complexity index is 647. The lowest BCUT2D eigenvalue weighted by Crippen LogP contribution is -2.29. The molecule has 0 aliphatic carbocycles. The van der Waals surface area contributed by atoms with Crippen molar-refractivity contribution in [3.63, 3.8) is 0 Å². The zero-order chi connectivity index (χ0) is 22.4. The molecule has 1 aromatic carbocycles. The molecule has 174 valence electrons. The third-order valence-corrected chi connectivity index (χ3v) is 5.44. The van der Waals surface area contributed by atoms with Gasteiger partial charge >= 0.3 is 11.9 Å². The summed E-state index contributed by atoms with van der Waals surface area (Å²) in [7, 11) is 0. The van der Waals surface area contributed by atoms with Crippen LogP contribution in [0, 0.1) is 0 Å². The fraction of sp³-hybridized carbons (Fsp3) is 0.680. The van der Waals surface area contributed by atoms with Crippen molar-refractivity contribution in [1.82, 2.24) is 0 Å². The first-order chi connectivity index (χ1) is 15.0. The van der Waals surface area contributed by atoms with Crippen LogP contribution < -0.4 is 0 Å². The van der Waals surface area contributed by atoms with Crippen LogP contribution in [0.3, 0.4) is 0 Å². The summed E-state index contributed by atoms with van der Waals surface area (Å²) in [4.78, 5) is 24.0. The molecule has 1 aliphatic rings. The van der Waals surface area contributed by atoms with Gasteiger partial charge in [-0.05, 0) is 25.5 Å². The van der Waals surface area contributed by atoms with E-state index in [4.69, 9.17) is 18.9 Å². The number of carbonyl (C=O) groups excluding carboxylic acids is 2. The standard InChI is InChI=1S/C25H38O6/c1-3-4-5-6-7-8-9-13-18-28-23(26)16-17-25(2)30-20-22(31-25)19-29-24(27)21-14-11-10-12-15-21/h10-12,14-15,22H,3-9,13,16-20H2,1-2H3. The summed E-state index contributed by atoms with van der Waals surface area (Å²) in [5.41, 5.74) is 0.503. The number of benzene rings is 1. The van der Waals surface area contributed by atoms with Gasteiger partial charge in [-0.3, -0.25) is 4.79 Å². The minimum atomic E-state index is -0.860. The van der Waals surface area contributed by atoms with Gasteiger partial charge in [-0.2, -0.15) is 0 Å². The van der Waals surface area contributed by atoms with E-state index < -0.39 is 5.79 Å². The summed E-state index contributed by atoms with van der Waals surface area (Å²) < 4.78 is 22.2. The quantitative estimate of drug-likeness (QED) is 0.270. The lowest BCUT2D eigenvalue weighted by atomic mass is 10.1. The second kappa shape index (κ2) is 14.2. The maximum Gasteiger partial charge on any atom is 0.338 e. The van der Waals surface area contributed by atoms with Crippen molar-refractivity contribution in [2.75, 3.05) is 19.8 Å². The lowest BCUT2D eigenvalue weighted by molar-refractivity contribution is -0.170. The van der Waals surface area contributed by atoms with Gasteiger partial charge in [0.2, 0.25) is 0 Å². The van der Waals surface area contributed by atoms with E-state index in [1.54, 1.807) is 31.2 Å². The summed E-state index contributed by atoms with van der Waals surface area (Å²) in [6.07, 6.45) is 10.0. The average molecular weight is 435 g/mol. The van der Waals surface area contributed by atoms with E-state index in [2.05, 4.69) is 6.92 Å². The van der Waals surface area contributed by atoms with Gasteiger partial charge in [-0.15, -0.1) is 0 Å². The number of carbonyl (C=O) groups is 2. The molecule has 0 saturated carbocycles. The molecule has 31 heavy (non-hydrogen) atoms. The molecule has 1 aromatic rings. The van der Waals surface area contributed by atoms with Crippen LogP contribution in [-0.4, -0.2) is 43.7 Å². The Labute approximate surface area is 186 Å². The van der Waals surface area contributed by atoms with Crippen LogP contribution in [0.15, 0.2) is 30.3 Å². The first-order valence-electron chi connectivity index (χ1n) is 11.7. The molecule has 1 saturated heterocycles. The van der Waals surface area contributed by atoms with Crippen LogP contribution in [0.2, 0.25) is 0 Å². The summed E-state index contributed by atoms with van der Waals surface area (Å²) in [5, 5.41) is 0. The SMILES string of the molecule is CCCCCCCCCCOC(=O)CCC1(C)OCC(COC(=O)c2ccccc2)O1. The summed E-state index contributed by atoms with van der Waals surface area (Å²) in [6.45, 7) is 4.95. The molecular formula is C25H38O6. The highest BCUT2D eigenvalue weighted by atomic mass is 16.7. The summed E-state index contributed by atoms with van der Waals surface area (Å²) >= 11 is 0. The number of hydrogen-bond donors (Lipinski definition) is 0. The normalized spacial score (nSPS) is 20.5. The van der Waals surface area contributed by atoms with Crippen LogP contribution in [0.4, 0.5) is 0 Å². The predicted molar refractivity (Wildman–Crippen MR) is 119 cm³/mol. The van der Waals surface area contributed by atoms with Crippen LogP contribution in [0.25, 0.3) is 0 Å². The van der Waals surface area contributed by atoms with Crippen molar-refractivity contribution in [1.29, 1.82) is 0 Å². The second-order valence-electron chi connectivity index (χ2n) is 8.34. The second-order valence-corrected chi connectivity index (χ2v) is 8.34. The number of unbranched alkanes of at least 4 members (excludes halogenated alkanes) is 7. The molecule has 6 nitrogen and oxygen atoms in total. The van der Waals surface area contributed by atoms with E-state index in [0.29, 0.717) is 25.2 Å². The Hall–Kier alpha value is -1.92. The Morgan fingerprint density at radius 3 is 2.39 bits per heavy atom. The first kappa shape index (κ1) is 25.3. The van der Waals surface area contributed by atoms with Gasteiger partial charge in [0.05, 0.1) is 25.2 Å².